The second kappa shape index (κ2) is 14.2. The summed E-state index contributed by atoms with van der Waals surface area (Å²) in [4.78, 5) is 40.7. The summed E-state index contributed by atoms with van der Waals surface area (Å²) in [7, 11) is 3.41. The molecule has 47 heavy (non-hydrogen) atoms. The number of anilines is 1. The lowest BCUT2D eigenvalue weighted by atomic mass is 10.0. The van der Waals surface area contributed by atoms with E-state index < -0.39 is 0 Å². The highest BCUT2D eigenvalue weighted by molar-refractivity contribution is 6.35. The van der Waals surface area contributed by atoms with Crippen LogP contribution in [-0.2, 0) is 24.9 Å². The Labute approximate surface area is 278 Å². The molecule has 2 aliphatic heterocycles. The number of aliphatic hydroxyl groups excluding tert-OH is 1. The second-order valence-electron chi connectivity index (χ2n) is 12.1. The molecule has 0 saturated carbocycles. The molecule has 2 saturated heterocycles. The molecule has 5 heterocycles. The summed E-state index contributed by atoms with van der Waals surface area (Å²) >= 11 is 7.00. The number of aliphatic hydroxyl groups is 1. The van der Waals surface area contributed by atoms with Gasteiger partial charge in [-0.3, -0.25) is 19.5 Å². The fraction of sp³-hybridized carbons (Fsp3) is 0.382. The zero-order valence-corrected chi connectivity index (χ0v) is 27.5. The third-order valence-electron chi connectivity index (χ3n) is 8.85. The smallest absolute Gasteiger partial charge is 0.291 e. The van der Waals surface area contributed by atoms with Gasteiger partial charge < -0.3 is 30.4 Å². The Morgan fingerprint density at radius 2 is 2.02 bits per heavy atom. The lowest BCUT2D eigenvalue weighted by Crippen LogP contribution is -2.35. The quantitative estimate of drug-likeness (QED) is 0.189. The predicted octanol–water partition coefficient (Wildman–Crippen LogP) is 3.70. The number of nitrogens with zero attached hydrogens (tertiary/aromatic N) is 5. The molecule has 13 heteroatoms. The van der Waals surface area contributed by atoms with Crippen LogP contribution in [0.2, 0.25) is 5.02 Å². The van der Waals surface area contributed by atoms with E-state index in [1.165, 1.54) is 0 Å². The molecule has 12 nitrogen and oxygen atoms in total. The number of β-amino-alcohol motifs (C(OH)–C–C–N with tert-alkyl or cyclic N) is 1. The molecule has 0 bridgehead atoms. The van der Waals surface area contributed by atoms with E-state index in [1.54, 1.807) is 24.1 Å². The molecule has 2 atom stereocenters. The number of nitrogens with one attached hydrogen (secondary N) is 3. The maximum Gasteiger partial charge on any atom is 0.291 e. The monoisotopic (exact) mass is 658 g/mol. The average Bonchev–Trinajstić information content (AvgIpc) is 3.78. The van der Waals surface area contributed by atoms with Gasteiger partial charge in [-0.2, -0.15) is 0 Å². The van der Waals surface area contributed by atoms with Crippen molar-refractivity contribution in [2.75, 3.05) is 32.1 Å². The number of hydrogen-bond acceptors (Lipinski definition) is 9. The molecule has 246 valence electrons. The minimum atomic E-state index is -0.327. The standard InChI is InChI=1S/C34H39ClN8O4/c1-20-25(5-4-6-27(20)40-33(46)32-38-17-23(42(32)2)18-43-14-12-24(44)19-43)31-30(35)26(11-13-37-31)28-9-7-21(34(41-28)47-3)15-36-16-22-8-10-29(45)39-22/h4-7,9,11,13,17,22,24,36,44H,8,10,12,14-16,18-19H2,1-3H3,(H,39,45)(H,40,46)/t22-,24-/m0/s1. The third kappa shape index (κ3) is 7.15. The van der Waals surface area contributed by atoms with Gasteiger partial charge in [-0.15, -0.1) is 0 Å². The van der Waals surface area contributed by atoms with E-state index in [-0.39, 0.29) is 24.0 Å². The number of pyridine rings is 2. The SMILES string of the molecule is COc1nc(-c2ccnc(-c3cccc(NC(=O)c4ncc(CN5CC[C@H](O)C5)n4C)c3C)c2Cl)ccc1CNC[C@@H]1CCC(=O)N1. The fourth-order valence-electron chi connectivity index (χ4n) is 6.16. The van der Waals surface area contributed by atoms with Gasteiger partial charge >= 0.3 is 0 Å². The molecule has 2 amide bonds. The number of likely N-dealkylation sites (tertiary alicyclic amines) is 1. The first-order chi connectivity index (χ1) is 22.7. The Hall–Kier alpha value is -4.36. The fourth-order valence-corrected chi connectivity index (χ4v) is 6.48. The van der Waals surface area contributed by atoms with Gasteiger partial charge in [-0.1, -0.05) is 29.8 Å². The number of methoxy groups -OCH3 is 1. The van der Waals surface area contributed by atoms with Crippen LogP contribution >= 0.6 is 11.6 Å². The predicted molar refractivity (Wildman–Crippen MR) is 179 cm³/mol. The normalized spacial score (nSPS) is 18.0. The summed E-state index contributed by atoms with van der Waals surface area (Å²) in [6, 6.07) is 11.4. The van der Waals surface area contributed by atoms with Gasteiger partial charge in [0, 0.05) is 80.8 Å². The van der Waals surface area contributed by atoms with Gasteiger partial charge in [0.1, 0.15) is 0 Å². The van der Waals surface area contributed by atoms with E-state index in [0.29, 0.717) is 72.0 Å². The number of carbonyl (C=O) groups is 2. The maximum absolute atomic E-state index is 13.3. The van der Waals surface area contributed by atoms with Gasteiger partial charge in [-0.05, 0) is 43.5 Å². The van der Waals surface area contributed by atoms with Crippen LogP contribution in [-0.4, -0.2) is 80.2 Å². The summed E-state index contributed by atoms with van der Waals surface area (Å²) in [6.45, 7) is 5.17. The highest BCUT2D eigenvalue weighted by Gasteiger charge is 2.24. The van der Waals surface area contributed by atoms with Crippen molar-refractivity contribution in [2.24, 2.45) is 7.05 Å². The molecule has 4 aromatic rings. The van der Waals surface area contributed by atoms with Crippen molar-refractivity contribution >= 4 is 29.1 Å². The Morgan fingerprint density at radius 1 is 1.17 bits per heavy atom. The number of amides is 2. The molecule has 4 N–H and O–H groups in total. The summed E-state index contributed by atoms with van der Waals surface area (Å²) in [5.74, 6) is 0.546. The number of ether oxygens (including phenoxy) is 1. The van der Waals surface area contributed by atoms with Crippen molar-refractivity contribution in [3.05, 3.63) is 76.5 Å². The van der Waals surface area contributed by atoms with Crippen molar-refractivity contribution in [1.82, 2.24) is 35.1 Å². The molecule has 2 fully saturated rings. The van der Waals surface area contributed by atoms with Crippen molar-refractivity contribution in [3.8, 4) is 28.4 Å². The van der Waals surface area contributed by atoms with Gasteiger partial charge in [0.05, 0.1) is 41.5 Å². The minimum Gasteiger partial charge on any atom is -0.481 e. The molecular weight excluding hydrogens is 620 g/mol. The van der Waals surface area contributed by atoms with Crippen LogP contribution in [0.15, 0.2) is 48.8 Å². The number of imidazole rings is 1. The molecule has 6 rings (SSSR count). The highest BCUT2D eigenvalue weighted by Crippen LogP contribution is 2.38. The largest absolute Gasteiger partial charge is 0.481 e. The zero-order chi connectivity index (χ0) is 33.1. The summed E-state index contributed by atoms with van der Waals surface area (Å²) in [5.41, 5.74) is 5.89. The Bertz CT molecular complexity index is 1790. The topological polar surface area (TPSA) is 147 Å². The number of carbonyl (C=O) groups excluding carboxylic acids is 2. The van der Waals surface area contributed by atoms with Gasteiger partial charge in [0.25, 0.3) is 5.91 Å². The van der Waals surface area contributed by atoms with Crippen LogP contribution in [0.4, 0.5) is 5.69 Å². The lowest BCUT2D eigenvalue weighted by molar-refractivity contribution is -0.119. The Kier molecular flexibility index (Phi) is 9.83. The summed E-state index contributed by atoms with van der Waals surface area (Å²) < 4.78 is 7.41. The molecule has 3 aromatic heterocycles. The van der Waals surface area contributed by atoms with Crippen molar-refractivity contribution < 1.29 is 19.4 Å². The summed E-state index contributed by atoms with van der Waals surface area (Å²) in [6.07, 6.45) is 5.24. The highest BCUT2D eigenvalue weighted by atomic mass is 35.5. The van der Waals surface area contributed by atoms with Crippen LogP contribution in [0, 0.1) is 6.92 Å². The van der Waals surface area contributed by atoms with E-state index in [2.05, 4.69) is 30.8 Å². The average molecular weight is 659 g/mol. The number of rotatable bonds is 11. The maximum atomic E-state index is 13.3. The number of halogens is 1. The first kappa shape index (κ1) is 32.6. The van der Waals surface area contributed by atoms with E-state index in [9.17, 15) is 14.7 Å². The van der Waals surface area contributed by atoms with Gasteiger partial charge in [-0.25, -0.2) is 9.97 Å². The van der Waals surface area contributed by atoms with Crippen molar-refractivity contribution in [2.45, 2.75) is 51.4 Å². The molecule has 0 radical (unpaired) electrons. The number of hydrogen-bond donors (Lipinski definition) is 4. The summed E-state index contributed by atoms with van der Waals surface area (Å²) in [5, 5.41) is 19.6. The van der Waals surface area contributed by atoms with Crippen molar-refractivity contribution in [1.29, 1.82) is 0 Å². The Morgan fingerprint density at radius 3 is 2.77 bits per heavy atom. The number of benzene rings is 1. The Balaban J connectivity index is 1.18. The first-order valence-corrected chi connectivity index (χ1v) is 16.1. The van der Waals surface area contributed by atoms with Gasteiger partial charge in [0.15, 0.2) is 5.82 Å². The van der Waals surface area contributed by atoms with E-state index in [0.717, 1.165) is 41.8 Å². The van der Waals surface area contributed by atoms with E-state index in [4.69, 9.17) is 21.3 Å². The lowest BCUT2D eigenvalue weighted by Gasteiger charge is -2.16. The minimum absolute atomic E-state index is 0.0927. The molecule has 0 unspecified atom stereocenters. The van der Waals surface area contributed by atoms with Crippen LogP contribution in [0.25, 0.3) is 22.5 Å². The molecular formula is C34H39ClN8O4. The van der Waals surface area contributed by atoms with Gasteiger partial charge in [0.2, 0.25) is 11.8 Å². The molecule has 2 aliphatic rings. The van der Waals surface area contributed by atoms with E-state index in [1.807, 2.05) is 50.4 Å². The first-order valence-electron chi connectivity index (χ1n) is 15.7. The molecule has 0 aliphatic carbocycles. The zero-order valence-electron chi connectivity index (χ0n) is 26.7. The number of aromatic nitrogens is 4. The van der Waals surface area contributed by atoms with E-state index >= 15 is 0 Å². The van der Waals surface area contributed by atoms with Crippen LogP contribution < -0.4 is 20.7 Å². The van der Waals surface area contributed by atoms with Crippen LogP contribution in [0.1, 0.15) is 46.7 Å². The van der Waals surface area contributed by atoms with Crippen molar-refractivity contribution in [3.63, 3.8) is 0 Å². The van der Waals surface area contributed by atoms with Crippen LogP contribution in [0.5, 0.6) is 5.88 Å². The molecule has 1 aromatic carbocycles. The molecule has 0 spiro atoms. The second-order valence-corrected chi connectivity index (χ2v) is 12.4. The third-order valence-corrected chi connectivity index (χ3v) is 9.23. The van der Waals surface area contributed by atoms with Crippen LogP contribution in [0.3, 0.4) is 0 Å².